The first-order valence-corrected chi connectivity index (χ1v) is 10.0. The van der Waals surface area contributed by atoms with Crippen molar-refractivity contribution in [3.63, 3.8) is 0 Å². The molecule has 0 aromatic heterocycles. The minimum Gasteiger partial charge on any atom is -0.494 e. The summed E-state index contributed by atoms with van der Waals surface area (Å²) in [6.45, 7) is 6.09. The third kappa shape index (κ3) is 5.06. The molecule has 1 saturated heterocycles. The van der Waals surface area contributed by atoms with Gasteiger partial charge in [0, 0.05) is 5.69 Å². The van der Waals surface area contributed by atoms with Gasteiger partial charge in [-0.15, -0.1) is 0 Å². The fraction of sp³-hybridized carbons (Fsp3) is 0.227. The van der Waals surface area contributed by atoms with Gasteiger partial charge in [-0.05, 0) is 79.6 Å². The number of ether oxygens (including phenoxy) is 1. The standard InChI is InChI=1S/C22H22N2O4S/c1-4-28-18-9-6-16(7-10-18)12-19-21(26)24(22(27)29-19)13-20(25)23-17-8-5-14(2)15(3)11-17/h5-12H,4,13H2,1-3H3,(H,23,25)/b19-12-. The third-order valence-electron chi connectivity index (χ3n) is 4.45. The summed E-state index contributed by atoms with van der Waals surface area (Å²) in [6.07, 6.45) is 1.64. The average Bonchev–Trinajstić information content (AvgIpc) is 2.94. The van der Waals surface area contributed by atoms with Crippen molar-refractivity contribution in [2.45, 2.75) is 20.8 Å². The molecule has 150 valence electrons. The minimum absolute atomic E-state index is 0.290. The molecule has 1 N–H and O–H groups in total. The number of aryl methyl sites for hydroxylation is 2. The fourth-order valence-electron chi connectivity index (χ4n) is 2.78. The van der Waals surface area contributed by atoms with Crippen LogP contribution < -0.4 is 10.1 Å². The maximum Gasteiger partial charge on any atom is 0.294 e. The number of thioether (sulfide) groups is 1. The van der Waals surface area contributed by atoms with Gasteiger partial charge >= 0.3 is 0 Å². The molecular formula is C22H22N2O4S. The van der Waals surface area contributed by atoms with Crippen LogP contribution in [0.3, 0.4) is 0 Å². The molecule has 2 aromatic carbocycles. The first kappa shape index (κ1) is 20.7. The molecule has 0 aliphatic carbocycles. The van der Waals surface area contributed by atoms with Crippen LogP contribution in [0.25, 0.3) is 6.08 Å². The van der Waals surface area contributed by atoms with E-state index in [9.17, 15) is 14.4 Å². The lowest BCUT2D eigenvalue weighted by Crippen LogP contribution is -2.36. The number of rotatable bonds is 6. The van der Waals surface area contributed by atoms with Crippen molar-refractivity contribution in [1.82, 2.24) is 4.90 Å². The molecule has 1 fully saturated rings. The quantitative estimate of drug-likeness (QED) is 0.716. The van der Waals surface area contributed by atoms with E-state index in [2.05, 4.69) is 5.32 Å². The summed E-state index contributed by atoms with van der Waals surface area (Å²) >= 11 is 0.831. The van der Waals surface area contributed by atoms with Crippen molar-refractivity contribution >= 4 is 40.6 Å². The van der Waals surface area contributed by atoms with Crippen molar-refractivity contribution in [2.24, 2.45) is 0 Å². The molecule has 0 unspecified atom stereocenters. The summed E-state index contributed by atoms with van der Waals surface area (Å²) in [4.78, 5) is 38.4. The average molecular weight is 410 g/mol. The second kappa shape index (κ2) is 8.96. The zero-order valence-electron chi connectivity index (χ0n) is 16.5. The van der Waals surface area contributed by atoms with Gasteiger partial charge in [-0.25, -0.2) is 0 Å². The van der Waals surface area contributed by atoms with Crippen LogP contribution in [0.2, 0.25) is 0 Å². The van der Waals surface area contributed by atoms with Gasteiger partial charge in [0.2, 0.25) is 5.91 Å². The Labute approximate surface area is 173 Å². The lowest BCUT2D eigenvalue weighted by molar-refractivity contribution is -0.127. The van der Waals surface area contributed by atoms with Crippen molar-refractivity contribution in [3.05, 3.63) is 64.1 Å². The van der Waals surface area contributed by atoms with Crippen LogP contribution in [0.1, 0.15) is 23.6 Å². The van der Waals surface area contributed by atoms with Gasteiger partial charge in [-0.2, -0.15) is 0 Å². The number of nitrogens with zero attached hydrogens (tertiary/aromatic N) is 1. The molecular weight excluding hydrogens is 388 g/mol. The van der Waals surface area contributed by atoms with Gasteiger partial charge in [0.05, 0.1) is 11.5 Å². The number of carbonyl (C=O) groups excluding carboxylic acids is 3. The Morgan fingerprint density at radius 3 is 2.48 bits per heavy atom. The summed E-state index contributed by atoms with van der Waals surface area (Å²) in [5, 5.41) is 2.28. The van der Waals surface area contributed by atoms with E-state index < -0.39 is 17.1 Å². The summed E-state index contributed by atoms with van der Waals surface area (Å²) < 4.78 is 5.39. The number of benzene rings is 2. The van der Waals surface area contributed by atoms with Crippen LogP contribution in [-0.2, 0) is 9.59 Å². The highest BCUT2D eigenvalue weighted by atomic mass is 32.2. The Bertz CT molecular complexity index is 983. The largest absolute Gasteiger partial charge is 0.494 e. The third-order valence-corrected chi connectivity index (χ3v) is 5.36. The molecule has 7 heteroatoms. The van der Waals surface area contributed by atoms with E-state index in [0.717, 1.165) is 39.1 Å². The van der Waals surface area contributed by atoms with Crippen molar-refractivity contribution < 1.29 is 19.1 Å². The molecule has 1 aliphatic rings. The monoisotopic (exact) mass is 410 g/mol. The number of amides is 3. The van der Waals surface area contributed by atoms with E-state index in [1.165, 1.54) is 0 Å². The van der Waals surface area contributed by atoms with Gasteiger partial charge in [-0.3, -0.25) is 19.3 Å². The Hall–Kier alpha value is -3.06. The van der Waals surface area contributed by atoms with Crippen LogP contribution in [-0.4, -0.2) is 35.1 Å². The minimum atomic E-state index is -0.468. The molecule has 29 heavy (non-hydrogen) atoms. The van der Waals surface area contributed by atoms with Gasteiger partial charge < -0.3 is 10.1 Å². The fourth-order valence-corrected chi connectivity index (χ4v) is 3.62. The van der Waals surface area contributed by atoms with E-state index >= 15 is 0 Å². The topological polar surface area (TPSA) is 75.7 Å². The zero-order valence-corrected chi connectivity index (χ0v) is 17.3. The number of imide groups is 1. The van der Waals surface area contributed by atoms with Gasteiger partial charge in [0.25, 0.3) is 11.1 Å². The highest BCUT2D eigenvalue weighted by Gasteiger charge is 2.36. The van der Waals surface area contributed by atoms with Crippen LogP contribution in [0, 0.1) is 13.8 Å². The van der Waals surface area contributed by atoms with Crippen molar-refractivity contribution in [1.29, 1.82) is 0 Å². The lowest BCUT2D eigenvalue weighted by atomic mass is 10.1. The second-order valence-corrected chi connectivity index (χ2v) is 7.61. The molecule has 0 atom stereocenters. The predicted molar refractivity (Wildman–Crippen MR) is 115 cm³/mol. The highest BCUT2D eigenvalue weighted by molar-refractivity contribution is 8.18. The first-order valence-electron chi connectivity index (χ1n) is 9.22. The zero-order chi connectivity index (χ0) is 21.0. The summed E-state index contributed by atoms with van der Waals surface area (Å²) in [6, 6.07) is 12.8. The molecule has 0 saturated carbocycles. The van der Waals surface area contributed by atoms with E-state index in [1.807, 2.05) is 45.0 Å². The smallest absolute Gasteiger partial charge is 0.294 e. The van der Waals surface area contributed by atoms with E-state index in [0.29, 0.717) is 12.3 Å². The van der Waals surface area contributed by atoms with Crippen molar-refractivity contribution in [3.8, 4) is 5.75 Å². The van der Waals surface area contributed by atoms with Crippen LogP contribution in [0.15, 0.2) is 47.4 Å². The molecule has 1 heterocycles. The second-order valence-electron chi connectivity index (χ2n) is 6.62. The van der Waals surface area contributed by atoms with Crippen LogP contribution in [0.4, 0.5) is 10.5 Å². The number of hydrogen-bond acceptors (Lipinski definition) is 5. The van der Waals surface area contributed by atoms with E-state index in [4.69, 9.17) is 4.74 Å². The highest BCUT2D eigenvalue weighted by Crippen LogP contribution is 2.32. The van der Waals surface area contributed by atoms with Gasteiger partial charge in [0.15, 0.2) is 0 Å². The summed E-state index contributed by atoms with van der Waals surface area (Å²) in [5.41, 5.74) is 3.58. The van der Waals surface area contributed by atoms with E-state index in [1.54, 1.807) is 24.3 Å². The Kier molecular flexibility index (Phi) is 6.39. The van der Waals surface area contributed by atoms with Crippen LogP contribution >= 0.6 is 11.8 Å². The molecule has 6 nitrogen and oxygen atoms in total. The number of carbonyl (C=O) groups is 3. The SMILES string of the molecule is CCOc1ccc(/C=C2\SC(=O)N(CC(=O)Nc3ccc(C)c(C)c3)C2=O)cc1. The molecule has 0 spiro atoms. The molecule has 0 radical (unpaired) electrons. The number of anilines is 1. The summed E-state index contributed by atoms with van der Waals surface area (Å²) in [5.74, 6) is -0.150. The molecule has 0 bridgehead atoms. The first-order chi connectivity index (χ1) is 13.9. The lowest BCUT2D eigenvalue weighted by Gasteiger charge is -2.13. The Balaban J connectivity index is 1.66. The molecule has 1 aliphatic heterocycles. The van der Waals surface area contributed by atoms with Gasteiger partial charge in [-0.1, -0.05) is 18.2 Å². The van der Waals surface area contributed by atoms with Crippen molar-refractivity contribution in [2.75, 3.05) is 18.5 Å². The van der Waals surface area contributed by atoms with Gasteiger partial charge in [0.1, 0.15) is 12.3 Å². The summed E-state index contributed by atoms with van der Waals surface area (Å²) in [7, 11) is 0. The maximum absolute atomic E-state index is 12.6. The molecule has 3 amide bonds. The van der Waals surface area contributed by atoms with E-state index in [-0.39, 0.29) is 11.4 Å². The molecule has 2 aromatic rings. The Morgan fingerprint density at radius 2 is 1.83 bits per heavy atom. The Morgan fingerprint density at radius 1 is 1.10 bits per heavy atom. The van der Waals surface area contributed by atoms with Crippen LogP contribution in [0.5, 0.6) is 5.75 Å². The predicted octanol–water partition coefficient (Wildman–Crippen LogP) is 4.38. The maximum atomic E-state index is 12.6. The number of hydrogen-bond donors (Lipinski definition) is 1. The number of nitrogens with one attached hydrogen (secondary N) is 1. The molecule has 3 rings (SSSR count). The normalized spacial score (nSPS) is 15.1.